The Morgan fingerprint density at radius 3 is 2.46 bits per heavy atom. The monoisotopic (exact) mass is 549 g/mol. The number of rotatable bonds is 5. The number of carbonyl (C=O) groups excluding carboxylic acids is 2. The molecule has 0 saturated carbocycles. The van der Waals surface area contributed by atoms with Crippen LogP contribution in [0, 0.1) is 24.0 Å². The zero-order valence-electron chi connectivity index (χ0n) is 21.9. The molecule has 0 aliphatic carbocycles. The van der Waals surface area contributed by atoms with Gasteiger partial charge in [-0.2, -0.15) is 0 Å². The number of ether oxygens (including phenoxy) is 1. The van der Waals surface area contributed by atoms with Gasteiger partial charge in [0.15, 0.2) is 11.6 Å². The first-order chi connectivity index (χ1) is 18.5. The average molecular weight is 550 g/mol. The molecule has 0 radical (unpaired) electrons. The highest BCUT2D eigenvalue weighted by molar-refractivity contribution is 7.15. The maximum atomic E-state index is 15.0. The zero-order valence-corrected chi connectivity index (χ0v) is 22.7. The molecule has 5 rings (SSSR count). The maximum Gasteiger partial charge on any atom is 0.256 e. The molecule has 0 spiro atoms. The third-order valence-corrected chi connectivity index (χ3v) is 7.42. The Kier molecular flexibility index (Phi) is 6.63. The van der Waals surface area contributed by atoms with Crippen LogP contribution in [0.2, 0.25) is 0 Å². The first kappa shape index (κ1) is 26.4. The Morgan fingerprint density at radius 1 is 1.03 bits per heavy atom. The van der Waals surface area contributed by atoms with Crippen molar-refractivity contribution in [3.63, 3.8) is 0 Å². The van der Waals surface area contributed by atoms with E-state index in [1.165, 1.54) is 34.4 Å². The molecule has 1 atom stereocenters. The number of benzene rings is 2. The third kappa shape index (κ3) is 4.74. The molecule has 200 valence electrons. The Labute approximate surface area is 227 Å². The number of fused-ring (bicyclic) bond motifs is 2. The molecule has 2 aromatic heterocycles. The number of nitrogens with zero attached hydrogens (tertiary/aromatic N) is 4. The van der Waals surface area contributed by atoms with Crippen molar-refractivity contribution in [2.24, 2.45) is 5.41 Å². The van der Waals surface area contributed by atoms with Crippen molar-refractivity contribution in [2.45, 2.75) is 26.7 Å². The van der Waals surface area contributed by atoms with Gasteiger partial charge in [0.1, 0.15) is 10.8 Å². The van der Waals surface area contributed by atoms with E-state index in [4.69, 9.17) is 4.74 Å². The largest absolute Gasteiger partial charge is 0.435 e. The quantitative estimate of drug-likeness (QED) is 0.338. The van der Waals surface area contributed by atoms with Crippen molar-refractivity contribution >= 4 is 28.3 Å². The van der Waals surface area contributed by atoms with Gasteiger partial charge in [-0.25, -0.2) is 13.8 Å². The third-order valence-electron chi connectivity index (χ3n) is 6.66. The van der Waals surface area contributed by atoms with Crippen LogP contribution in [-0.2, 0) is 4.79 Å². The highest BCUT2D eigenvalue weighted by Crippen LogP contribution is 2.52. The number of aryl methyl sites for hydroxylation is 1. The van der Waals surface area contributed by atoms with Gasteiger partial charge in [0, 0.05) is 36.7 Å². The standard InChI is InChI=1S/C28H25F2N5O3S/c1-14-33-34-27(39-14)32-26(37)28(2,3)22-17-7-6-8-19(29)23(17)38-24-18(22)11-12-21(31-24)15-9-10-16(20(30)13-15)25(36)35(4)5/h6-13,22H,1-5H3,(H,32,34,37). The lowest BCUT2D eigenvalue weighted by Crippen LogP contribution is -2.38. The van der Waals surface area contributed by atoms with Crippen LogP contribution in [0.25, 0.3) is 11.3 Å². The molecular weight excluding hydrogens is 524 g/mol. The second-order valence-electron chi connectivity index (χ2n) is 9.98. The zero-order chi connectivity index (χ0) is 28.1. The lowest BCUT2D eigenvalue weighted by atomic mass is 9.69. The number of hydrogen-bond donors (Lipinski definition) is 1. The van der Waals surface area contributed by atoms with Crippen molar-refractivity contribution in [1.82, 2.24) is 20.1 Å². The van der Waals surface area contributed by atoms with Crippen LogP contribution in [0.1, 0.15) is 46.3 Å². The van der Waals surface area contributed by atoms with Gasteiger partial charge in [-0.15, -0.1) is 10.2 Å². The SMILES string of the molecule is Cc1nnc(NC(=O)C(C)(C)C2c3ccc(-c4ccc(C(=O)N(C)C)c(F)c4)nc3Oc3c(F)cccc32)s1. The summed E-state index contributed by atoms with van der Waals surface area (Å²) in [5, 5.41) is 11.8. The van der Waals surface area contributed by atoms with Crippen LogP contribution in [0.3, 0.4) is 0 Å². The maximum absolute atomic E-state index is 15.0. The molecular formula is C28H25F2N5O3S. The van der Waals surface area contributed by atoms with E-state index in [1.54, 1.807) is 65.2 Å². The van der Waals surface area contributed by atoms with E-state index in [1.807, 2.05) is 0 Å². The van der Waals surface area contributed by atoms with Crippen molar-refractivity contribution in [1.29, 1.82) is 0 Å². The molecule has 0 saturated heterocycles. The highest BCUT2D eigenvalue weighted by Gasteiger charge is 2.45. The summed E-state index contributed by atoms with van der Waals surface area (Å²) in [5.74, 6) is -2.62. The Hall–Kier alpha value is -4.25. The van der Waals surface area contributed by atoms with Crippen molar-refractivity contribution in [2.75, 3.05) is 19.4 Å². The van der Waals surface area contributed by atoms with Gasteiger partial charge in [-0.3, -0.25) is 9.59 Å². The number of anilines is 1. The minimum Gasteiger partial charge on any atom is -0.435 e. The molecule has 11 heteroatoms. The summed E-state index contributed by atoms with van der Waals surface area (Å²) < 4.78 is 35.7. The predicted octanol–water partition coefficient (Wildman–Crippen LogP) is 5.79. The van der Waals surface area contributed by atoms with E-state index in [-0.39, 0.29) is 23.1 Å². The molecule has 39 heavy (non-hydrogen) atoms. The van der Waals surface area contributed by atoms with Gasteiger partial charge in [0.2, 0.25) is 16.9 Å². The molecule has 0 fully saturated rings. The van der Waals surface area contributed by atoms with Crippen LogP contribution in [-0.4, -0.2) is 46.0 Å². The number of hydrogen-bond acceptors (Lipinski definition) is 7. The second kappa shape index (κ2) is 9.81. The highest BCUT2D eigenvalue weighted by atomic mass is 32.1. The van der Waals surface area contributed by atoms with Gasteiger partial charge in [-0.05, 0) is 31.2 Å². The van der Waals surface area contributed by atoms with Crippen molar-refractivity contribution in [3.8, 4) is 22.9 Å². The van der Waals surface area contributed by atoms with Gasteiger partial charge in [0.05, 0.1) is 16.7 Å². The van der Waals surface area contributed by atoms with Crippen LogP contribution in [0.4, 0.5) is 13.9 Å². The van der Waals surface area contributed by atoms with E-state index in [0.717, 1.165) is 0 Å². The van der Waals surface area contributed by atoms with Crippen LogP contribution in [0.15, 0.2) is 48.5 Å². The normalized spacial score (nSPS) is 14.2. The molecule has 0 bridgehead atoms. The fourth-order valence-electron chi connectivity index (χ4n) is 4.64. The van der Waals surface area contributed by atoms with Crippen molar-refractivity contribution < 1.29 is 23.1 Å². The van der Waals surface area contributed by atoms with Crippen LogP contribution < -0.4 is 10.1 Å². The topological polar surface area (TPSA) is 97.3 Å². The number of halogens is 2. The average Bonchev–Trinajstić information content (AvgIpc) is 3.31. The van der Waals surface area contributed by atoms with Crippen molar-refractivity contribution in [3.05, 3.63) is 81.9 Å². The summed E-state index contributed by atoms with van der Waals surface area (Å²) in [6.45, 7) is 5.30. The summed E-state index contributed by atoms with van der Waals surface area (Å²) in [5.41, 5.74) is 0.695. The molecule has 1 N–H and O–H groups in total. The first-order valence-corrected chi connectivity index (χ1v) is 12.9. The fourth-order valence-corrected chi connectivity index (χ4v) is 5.23. The number of amides is 2. The van der Waals surface area contributed by atoms with Gasteiger partial charge in [0.25, 0.3) is 5.91 Å². The molecule has 2 aromatic carbocycles. The van der Waals surface area contributed by atoms with Gasteiger partial charge < -0.3 is 15.0 Å². The van der Waals surface area contributed by atoms with Gasteiger partial charge in [-0.1, -0.05) is 49.4 Å². The molecule has 4 aromatic rings. The smallest absolute Gasteiger partial charge is 0.256 e. The molecule has 1 aliphatic rings. The lowest BCUT2D eigenvalue weighted by Gasteiger charge is -2.37. The summed E-state index contributed by atoms with van der Waals surface area (Å²) in [7, 11) is 3.09. The first-order valence-electron chi connectivity index (χ1n) is 12.1. The number of carbonyl (C=O) groups is 2. The summed E-state index contributed by atoms with van der Waals surface area (Å²) in [4.78, 5) is 31.6. The number of aromatic nitrogens is 3. The van der Waals surface area contributed by atoms with E-state index >= 15 is 0 Å². The van der Waals surface area contributed by atoms with Gasteiger partial charge >= 0.3 is 0 Å². The minimum atomic E-state index is -1.09. The molecule has 3 heterocycles. The Morgan fingerprint density at radius 2 is 1.79 bits per heavy atom. The summed E-state index contributed by atoms with van der Waals surface area (Å²) in [6, 6.07) is 12.2. The molecule has 1 unspecified atom stereocenters. The lowest BCUT2D eigenvalue weighted by molar-refractivity contribution is -0.124. The second-order valence-corrected chi connectivity index (χ2v) is 11.2. The summed E-state index contributed by atoms with van der Waals surface area (Å²) in [6.07, 6.45) is 0. The van der Waals surface area contributed by atoms with E-state index in [0.29, 0.717) is 32.5 Å². The van der Waals surface area contributed by atoms with Crippen LogP contribution >= 0.6 is 11.3 Å². The van der Waals surface area contributed by atoms with Crippen LogP contribution in [0.5, 0.6) is 11.6 Å². The Bertz CT molecular complexity index is 1620. The number of nitrogens with one attached hydrogen (secondary N) is 1. The predicted molar refractivity (Wildman–Crippen MR) is 143 cm³/mol. The van der Waals surface area contributed by atoms with E-state index in [2.05, 4.69) is 20.5 Å². The fraction of sp³-hybridized carbons (Fsp3) is 0.250. The van der Waals surface area contributed by atoms with E-state index in [9.17, 15) is 18.4 Å². The molecule has 2 amide bonds. The molecule has 1 aliphatic heterocycles. The minimum absolute atomic E-state index is 0.0228. The number of para-hydroxylation sites is 1. The number of pyridine rings is 1. The Balaban J connectivity index is 1.57. The summed E-state index contributed by atoms with van der Waals surface area (Å²) >= 11 is 1.25. The molecule has 8 nitrogen and oxygen atoms in total. The van der Waals surface area contributed by atoms with E-state index < -0.39 is 28.9 Å².